The largest absolute Gasteiger partial charge is 0.392 e. The molecule has 26 heavy (non-hydrogen) atoms. The summed E-state index contributed by atoms with van der Waals surface area (Å²) in [5.74, 6) is 0. The van der Waals surface area contributed by atoms with Crippen molar-refractivity contribution in [2.75, 3.05) is 0 Å². The Morgan fingerprint density at radius 1 is 0.923 bits per heavy atom. The van der Waals surface area contributed by atoms with Gasteiger partial charge in [-0.25, -0.2) is 0 Å². The van der Waals surface area contributed by atoms with Crippen LogP contribution in [0.4, 0.5) is 0 Å². The first-order valence-electron chi connectivity index (χ1n) is 8.92. The molecule has 0 aliphatic heterocycles. The Kier molecular flexibility index (Phi) is 3.79. The van der Waals surface area contributed by atoms with Gasteiger partial charge in [0.1, 0.15) is 6.10 Å². The maximum absolute atomic E-state index is 11.2. The summed E-state index contributed by atoms with van der Waals surface area (Å²) in [5.41, 5.74) is 11.6. The monoisotopic (exact) mass is 348 g/mol. The van der Waals surface area contributed by atoms with Crippen LogP contribution in [-0.4, -0.2) is 20.0 Å². The Labute approximate surface area is 153 Å². The molecule has 1 unspecified atom stereocenters. The second kappa shape index (κ2) is 5.79. The van der Waals surface area contributed by atoms with Crippen molar-refractivity contribution >= 4 is 0 Å². The molecule has 0 spiro atoms. The number of rotatable bonds is 2. The molecular weight excluding hydrogens is 324 g/mol. The average Bonchev–Trinajstić information content (AvgIpc) is 3.14. The first-order chi connectivity index (χ1) is 12.4. The summed E-state index contributed by atoms with van der Waals surface area (Å²) in [6.07, 6.45) is -0.667. The number of aromatic nitrogens is 2. The SMILES string of the molecule is Cc1c(C)c(C)c2c(c1C)-c1c(c(-c3ccc(CO)cc3)nn1C)C2O. The molecule has 4 heteroatoms. The second-order valence-corrected chi connectivity index (χ2v) is 7.28. The molecule has 2 N–H and O–H groups in total. The molecule has 0 amide bonds. The van der Waals surface area contributed by atoms with Gasteiger partial charge in [-0.2, -0.15) is 5.10 Å². The Hall–Kier alpha value is -2.43. The highest BCUT2D eigenvalue weighted by Gasteiger charge is 2.37. The zero-order valence-electron chi connectivity index (χ0n) is 15.9. The Morgan fingerprint density at radius 2 is 1.54 bits per heavy atom. The van der Waals surface area contributed by atoms with E-state index in [-0.39, 0.29) is 6.61 Å². The molecule has 134 valence electrons. The zero-order chi connectivity index (χ0) is 18.7. The van der Waals surface area contributed by atoms with Crippen LogP contribution in [0.3, 0.4) is 0 Å². The molecule has 1 heterocycles. The lowest BCUT2D eigenvalue weighted by Crippen LogP contribution is -2.04. The Bertz CT molecular complexity index is 1030. The molecule has 4 nitrogen and oxygen atoms in total. The van der Waals surface area contributed by atoms with E-state index in [1.54, 1.807) is 0 Å². The molecule has 1 atom stereocenters. The number of benzene rings is 2. The van der Waals surface area contributed by atoms with E-state index in [0.29, 0.717) is 0 Å². The lowest BCUT2D eigenvalue weighted by atomic mass is 9.89. The molecule has 1 aromatic heterocycles. The minimum atomic E-state index is -0.667. The third-order valence-corrected chi connectivity index (χ3v) is 6.01. The van der Waals surface area contributed by atoms with Crippen molar-refractivity contribution in [3.05, 3.63) is 63.2 Å². The summed E-state index contributed by atoms with van der Waals surface area (Å²) < 4.78 is 1.89. The maximum Gasteiger partial charge on any atom is 0.109 e. The number of aryl methyl sites for hydroxylation is 1. The number of aliphatic hydroxyl groups is 2. The molecule has 0 radical (unpaired) electrons. The first kappa shape index (κ1) is 17.0. The summed E-state index contributed by atoms with van der Waals surface area (Å²) in [4.78, 5) is 0. The number of aliphatic hydroxyl groups excluding tert-OH is 2. The smallest absolute Gasteiger partial charge is 0.109 e. The van der Waals surface area contributed by atoms with Gasteiger partial charge >= 0.3 is 0 Å². The average molecular weight is 348 g/mol. The van der Waals surface area contributed by atoms with Gasteiger partial charge in [-0.05, 0) is 61.1 Å². The number of hydrogen-bond acceptors (Lipinski definition) is 3. The lowest BCUT2D eigenvalue weighted by Gasteiger charge is -2.18. The molecule has 1 aliphatic carbocycles. The van der Waals surface area contributed by atoms with Crippen molar-refractivity contribution in [2.24, 2.45) is 7.05 Å². The van der Waals surface area contributed by atoms with E-state index in [9.17, 15) is 10.2 Å². The summed E-state index contributed by atoms with van der Waals surface area (Å²) in [6.45, 7) is 8.52. The molecule has 1 aliphatic rings. The maximum atomic E-state index is 11.2. The summed E-state index contributed by atoms with van der Waals surface area (Å²) in [6, 6.07) is 7.71. The van der Waals surface area contributed by atoms with Crippen molar-refractivity contribution in [2.45, 2.75) is 40.4 Å². The van der Waals surface area contributed by atoms with Crippen LogP contribution >= 0.6 is 0 Å². The van der Waals surface area contributed by atoms with Crippen molar-refractivity contribution < 1.29 is 10.2 Å². The minimum absolute atomic E-state index is 0.0195. The van der Waals surface area contributed by atoms with E-state index in [4.69, 9.17) is 5.10 Å². The normalized spacial score (nSPS) is 15.3. The second-order valence-electron chi connectivity index (χ2n) is 7.28. The van der Waals surface area contributed by atoms with Gasteiger partial charge in [0.2, 0.25) is 0 Å². The van der Waals surface area contributed by atoms with Gasteiger partial charge in [0.25, 0.3) is 0 Å². The molecule has 0 saturated heterocycles. The van der Waals surface area contributed by atoms with Crippen LogP contribution in [0.5, 0.6) is 0 Å². The topological polar surface area (TPSA) is 58.3 Å². The molecule has 2 aromatic carbocycles. The fraction of sp³-hybridized carbons (Fsp3) is 0.318. The van der Waals surface area contributed by atoms with Crippen LogP contribution in [0, 0.1) is 27.7 Å². The highest BCUT2D eigenvalue weighted by atomic mass is 16.3. The number of fused-ring (bicyclic) bond motifs is 3. The molecule has 0 bridgehead atoms. The molecule has 0 saturated carbocycles. The van der Waals surface area contributed by atoms with Crippen molar-refractivity contribution in [3.63, 3.8) is 0 Å². The molecule has 3 aromatic rings. The molecular formula is C22H24N2O2. The Balaban J connectivity index is 1.99. The van der Waals surface area contributed by atoms with Crippen LogP contribution in [0.15, 0.2) is 24.3 Å². The Morgan fingerprint density at radius 3 is 2.15 bits per heavy atom. The van der Waals surface area contributed by atoms with Crippen LogP contribution in [0.1, 0.15) is 45.0 Å². The third-order valence-electron chi connectivity index (χ3n) is 6.01. The summed E-state index contributed by atoms with van der Waals surface area (Å²) in [7, 11) is 1.94. The quantitative estimate of drug-likeness (QED) is 0.739. The van der Waals surface area contributed by atoms with E-state index in [2.05, 4.69) is 27.7 Å². The van der Waals surface area contributed by atoms with Crippen LogP contribution < -0.4 is 0 Å². The number of hydrogen-bond donors (Lipinski definition) is 2. The summed E-state index contributed by atoms with van der Waals surface area (Å²) >= 11 is 0. The van der Waals surface area contributed by atoms with Crippen LogP contribution in [0.2, 0.25) is 0 Å². The fourth-order valence-corrected chi connectivity index (χ4v) is 4.21. The van der Waals surface area contributed by atoms with Gasteiger partial charge in [0, 0.05) is 23.7 Å². The van der Waals surface area contributed by atoms with E-state index < -0.39 is 6.10 Å². The molecule has 4 rings (SSSR count). The van der Waals surface area contributed by atoms with Gasteiger partial charge in [-0.3, -0.25) is 4.68 Å². The molecule has 0 fully saturated rings. The van der Waals surface area contributed by atoms with Crippen molar-refractivity contribution in [1.29, 1.82) is 0 Å². The lowest BCUT2D eigenvalue weighted by molar-refractivity contribution is 0.225. The van der Waals surface area contributed by atoms with E-state index in [0.717, 1.165) is 44.8 Å². The summed E-state index contributed by atoms with van der Waals surface area (Å²) in [5, 5.41) is 25.2. The predicted molar refractivity (Wildman–Crippen MR) is 103 cm³/mol. The first-order valence-corrected chi connectivity index (χ1v) is 8.92. The predicted octanol–water partition coefficient (Wildman–Crippen LogP) is 3.88. The van der Waals surface area contributed by atoms with E-state index in [1.165, 1.54) is 16.7 Å². The van der Waals surface area contributed by atoms with Gasteiger partial charge in [-0.15, -0.1) is 0 Å². The highest BCUT2D eigenvalue weighted by Crippen LogP contribution is 2.51. The number of nitrogens with zero attached hydrogens (tertiary/aromatic N) is 2. The van der Waals surface area contributed by atoms with Crippen LogP contribution in [-0.2, 0) is 13.7 Å². The standard InChI is InChI=1S/C22H24N2O2/c1-11-12(2)14(4)18-17(13(11)3)21-19(22(18)26)20(23-24(21)5)16-8-6-15(10-25)7-9-16/h6-9,22,25-26H,10H2,1-5H3. The van der Waals surface area contributed by atoms with Gasteiger partial charge < -0.3 is 10.2 Å². The van der Waals surface area contributed by atoms with Gasteiger partial charge in [0.15, 0.2) is 0 Å². The van der Waals surface area contributed by atoms with Crippen molar-refractivity contribution in [3.8, 4) is 22.5 Å². The van der Waals surface area contributed by atoms with Gasteiger partial charge in [-0.1, -0.05) is 24.3 Å². The highest BCUT2D eigenvalue weighted by molar-refractivity contribution is 5.86. The van der Waals surface area contributed by atoms with Crippen LogP contribution in [0.25, 0.3) is 22.5 Å². The minimum Gasteiger partial charge on any atom is -0.392 e. The fourth-order valence-electron chi connectivity index (χ4n) is 4.21. The third kappa shape index (κ3) is 2.12. The zero-order valence-corrected chi connectivity index (χ0v) is 15.9. The van der Waals surface area contributed by atoms with E-state index >= 15 is 0 Å². The van der Waals surface area contributed by atoms with Crippen molar-refractivity contribution in [1.82, 2.24) is 9.78 Å². The van der Waals surface area contributed by atoms with Gasteiger partial charge in [0.05, 0.1) is 18.0 Å². The van der Waals surface area contributed by atoms with E-state index in [1.807, 2.05) is 36.0 Å².